The number of aromatic nitrogens is 1. The molecule has 64 heavy (non-hydrogen) atoms. The van der Waals surface area contributed by atoms with Gasteiger partial charge in [0.2, 0.25) is 5.91 Å². The van der Waals surface area contributed by atoms with Crippen LogP contribution < -0.4 is 10.7 Å². The fourth-order valence-electron chi connectivity index (χ4n) is 9.91. The zero-order valence-corrected chi connectivity index (χ0v) is 40.6. The molecule has 2 aromatic rings. The number of nitrogens with one attached hydrogen (secondary N) is 2. The summed E-state index contributed by atoms with van der Waals surface area (Å²) in [4.78, 5) is 58.1. The van der Waals surface area contributed by atoms with Crippen molar-refractivity contribution in [2.24, 2.45) is 33.2 Å². The van der Waals surface area contributed by atoms with Crippen LogP contribution in [0, 0.1) is 23.2 Å². The van der Waals surface area contributed by atoms with Crippen LogP contribution in [0.3, 0.4) is 0 Å². The second-order valence-electron chi connectivity index (χ2n) is 19.3. The van der Waals surface area contributed by atoms with E-state index in [1.54, 1.807) is 25.1 Å². The standard InChI is InChI=1S/C49H72N8O6S/c1-12-34(41(50-13-2)32(7)61-11)43-36-25-49(8,9)28-63-48(60)37-16-15-19-57(53-37)47(59)42(52-45(58)40-30(5)31(40)6)44(62-26-29(4)55-22-20-54(10)21-23-55)46-51-38(27-64-46)33-17-18-39(35(36)24-33)56(43)14-3/h12-13,17-18,24,29-32,37-38,40,42,44,53H,1,14-16,19-23,25-28H2,2-11H3,(H,52,58)/b41-34+,50-13-/t29-,30-,31+,32-,37-,38?,40+,42-,44-/m0/s1. The lowest BCUT2D eigenvalue weighted by atomic mass is 9.84. The number of piperazine rings is 1. The van der Waals surface area contributed by atoms with E-state index in [2.05, 4.69) is 98.5 Å². The first-order valence-electron chi connectivity index (χ1n) is 23.4. The number of rotatable bonds is 12. The van der Waals surface area contributed by atoms with Crippen molar-refractivity contribution in [1.29, 1.82) is 0 Å². The van der Waals surface area contributed by atoms with Crippen LogP contribution in [0.1, 0.15) is 91.1 Å². The van der Waals surface area contributed by atoms with Crippen molar-refractivity contribution in [3.8, 4) is 0 Å². The Kier molecular flexibility index (Phi) is 15.3. The van der Waals surface area contributed by atoms with Gasteiger partial charge in [-0.1, -0.05) is 46.4 Å². The molecule has 14 nitrogen and oxygen atoms in total. The maximum Gasteiger partial charge on any atom is 0.324 e. The molecule has 1 aromatic heterocycles. The molecule has 0 radical (unpaired) electrons. The van der Waals surface area contributed by atoms with E-state index < -0.39 is 29.6 Å². The molecule has 1 unspecified atom stereocenters. The van der Waals surface area contributed by atoms with E-state index in [0.717, 1.165) is 65.2 Å². The van der Waals surface area contributed by atoms with Crippen molar-refractivity contribution in [1.82, 2.24) is 30.1 Å². The summed E-state index contributed by atoms with van der Waals surface area (Å²) in [5, 5.41) is 6.47. The monoisotopic (exact) mass is 901 g/mol. The third-order valence-electron chi connectivity index (χ3n) is 14.2. The van der Waals surface area contributed by atoms with E-state index in [-0.39, 0.29) is 54.4 Å². The molecule has 9 atom stereocenters. The molecule has 5 heterocycles. The number of esters is 1. The summed E-state index contributed by atoms with van der Waals surface area (Å²) in [7, 11) is 3.83. The maximum atomic E-state index is 15.0. The van der Waals surface area contributed by atoms with Crippen LogP contribution in [0.5, 0.6) is 0 Å². The largest absolute Gasteiger partial charge is 0.464 e. The van der Waals surface area contributed by atoms with E-state index in [1.165, 1.54) is 5.01 Å². The number of amides is 2. The lowest BCUT2D eigenvalue weighted by molar-refractivity contribution is -0.156. The third kappa shape index (κ3) is 10.1. The Morgan fingerprint density at radius 1 is 1.16 bits per heavy atom. The molecule has 1 saturated carbocycles. The SMILES string of the molecule is C=C/C(=C(\N=C/C)[C@H](C)OC)c1c2c3cc(ccc3n1CC)C1CSC(=N1)[C@@H](OC[C@H](C)N1CCN(C)CC1)[C@H](NC(=O)[C@H]1[C@H](C)[C@@H]1C)C(=O)N1CCC[C@H](N1)C(=O)OCC(C)(C)C2. The van der Waals surface area contributed by atoms with Crippen LogP contribution in [0.2, 0.25) is 0 Å². The minimum Gasteiger partial charge on any atom is -0.464 e. The highest BCUT2D eigenvalue weighted by Gasteiger charge is 2.51. The topological polar surface area (TPSA) is 142 Å². The number of hydrazine groups is 1. The van der Waals surface area contributed by atoms with Crippen LogP contribution in [-0.2, 0) is 41.6 Å². The van der Waals surface area contributed by atoms with Gasteiger partial charge in [-0.15, -0.1) is 11.8 Å². The summed E-state index contributed by atoms with van der Waals surface area (Å²) in [5.74, 6) is -0.0615. The zero-order valence-electron chi connectivity index (χ0n) is 39.8. The van der Waals surface area contributed by atoms with Gasteiger partial charge in [-0.3, -0.25) is 34.3 Å². The Hall–Kier alpha value is -3.86. The number of aliphatic imine (C=N–C) groups is 2. The van der Waals surface area contributed by atoms with Crippen LogP contribution in [-0.4, -0.2) is 145 Å². The second kappa shape index (κ2) is 20.3. The molecule has 350 valence electrons. The van der Waals surface area contributed by atoms with Crippen LogP contribution in [0.25, 0.3) is 16.5 Å². The number of likely N-dealkylation sites (N-methyl/N-ethyl adjacent to an activating group) is 1. The molecule has 5 aliphatic rings. The number of methoxy groups -OCH3 is 1. The van der Waals surface area contributed by atoms with Crippen LogP contribution >= 0.6 is 11.8 Å². The minimum absolute atomic E-state index is 0.0681. The van der Waals surface area contributed by atoms with E-state index >= 15 is 4.79 Å². The molecule has 3 fully saturated rings. The lowest BCUT2D eigenvalue weighted by Gasteiger charge is -2.39. The van der Waals surface area contributed by atoms with Gasteiger partial charge in [-0.2, -0.15) is 0 Å². The number of cyclic esters (lactones) is 1. The predicted octanol–water partition coefficient (Wildman–Crippen LogP) is 5.90. The van der Waals surface area contributed by atoms with Gasteiger partial charge in [0.1, 0.15) is 23.2 Å². The number of nitrogens with zero attached hydrogens (tertiary/aromatic N) is 6. The Balaban J connectivity index is 1.37. The van der Waals surface area contributed by atoms with Crippen LogP contribution in [0.15, 0.2) is 46.5 Å². The van der Waals surface area contributed by atoms with Crippen molar-refractivity contribution >= 4 is 57.3 Å². The highest BCUT2D eigenvalue weighted by atomic mass is 32.2. The number of carbonyl (C=O) groups excluding carboxylic acids is 3. The van der Waals surface area contributed by atoms with Gasteiger partial charge in [0.05, 0.1) is 36.8 Å². The first kappa shape index (κ1) is 48.1. The Labute approximate surface area is 384 Å². The minimum atomic E-state index is -1.08. The molecule has 2 saturated heterocycles. The van der Waals surface area contributed by atoms with Crippen molar-refractivity contribution in [3.63, 3.8) is 0 Å². The fourth-order valence-corrected chi connectivity index (χ4v) is 11.1. The quantitative estimate of drug-likeness (QED) is 0.150. The Bertz CT molecular complexity index is 2150. The van der Waals surface area contributed by atoms with Gasteiger partial charge in [0.25, 0.3) is 5.91 Å². The number of benzene rings is 1. The van der Waals surface area contributed by atoms with Crippen molar-refractivity contribution in [2.75, 3.05) is 65.8 Å². The highest BCUT2D eigenvalue weighted by Crippen LogP contribution is 2.46. The summed E-state index contributed by atoms with van der Waals surface area (Å²) in [6.07, 6.45) is 4.19. The molecule has 2 amide bonds. The van der Waals surface area contributed by atoms with Gasteiger partial charge in [-0.05, 0) is 89.1 Å². The van der Waals surface area contributed by atoms with Crippen molar-refractivity contribution in [3.05, 3.63) is 53.4 Å². The van der Waals surface area contributed by atoms with E-state index in [1.807, 2.05) is 19.9 Å². The number of thioether (sulfide) groups is 1. The van der Waals surface area contributed by atoms with E-state index in [9.17, 15) is 9.59 Å². The summed E-state index contributed by atoms with van der Waals surface area (Å²) in [6.45, 7) is 26.2. The van der Waals surface area contributed by atoms with Gasteiger partial charge in [0.15, 0.2) is 0 Å². The highest BCUT2D eigenvalue weighted by molar-refractivity contribution is 8.14. The zero-order chi connectivity index (χ0) is 46.0. The number of aryl methyl sites for hydroxylation is 1. The number of ether oxygens (including phenoxy) is 3. The lowest BCUT2D eigenvalue weighted by Crippen LogP contribution is -2.64. The molecule has 4 aliphatic heterocycles. The molecule has 1 aliphatic carbocycles. The molecule has 15 heteroatoms. The summed E-state index contributed by atoms with van der Waals surface area (Å²) >= 11 is 1.59. The van der Waals surface area contributed by atoms with Crippen molar-refractivity contribution < 1.29 is 28.6 Å². The van der Waals surface area contributed by atoms with E-state index in [0.29, 0.717) is 49.8 Å². The summed E-state index contributed by atoms with van der Waals surface area (Å²) < 4.78 is 21.3. The number of allylic oxidation sites excluding steroid dienone is 2. The molecule has 6 bridgehead atoms. The average Bonchev–Trinajstić information content (AvgIpc) is 3.56. The molecule has 1 aromatic carbocycles. The van der Waals surface area contributed by atoms with E-state index in [4.69, 9.17) is 24.2 Å². The van der Waals surface area contributed by atoms with Gasteiger partial charge in [0, 0.05) is 92.2 Å². The Morgan fingerprint density at radius 2 is 1.89 bits per heavy atom. The fraction of sp³-hybridized carbons (Fsp3) is 0.653. The number of fused-ring (bicyclic) bond motifs is 5. The van der Waals surface area contributed by atoms with Gasteiger partial charge < -0.3 is 29.0 Å². The Morgan fingerprint density at radius 3 is 2.55 bits per heavy atom. The summed E-state index contributed by atoms with van der Waals surface area (Å²) in [5.41, 5.74) is 8.64. The smallest absolute Gasteiger partial charge is 0.324 e. The van der Waals surface area contributed by atoms with Gasteiger partial charge >= 0.3 is 5.97 Å². The average molecular weight is 901 g/mol. The molecular formula is C49H72N8O6S. The molecular weight excluding hydrogens is 829 g/mol. The number of hydrogen-bond donors (Lipinski definition) is 2. The third-order valence-corrected chi connectivity index (χ3v) is 15.3. The number of carbonyl (C=O) groups is 3. The number of hydrogen-bond acceptors (Lipinski definition) is 12. The van der Waals surface area contributed by atoms with Crippen LogP contribution in [0.4, 0.5) is 0 Å². The predicted molar refractivity (Wildman–Crippen MR) is 256 cm³/mol. The molecule has 2 N–H and O–H groups in total. The molecule has 7 rings (SSSR count). The summed E-state index contributed by atoms with van der Waals surface area (Å²) in [6, 6.07) is 4.63. The van der Waals surface area contributed by atoms with Crippen molar-refractivity contribution in [2.45, 2.75) is 118 Å². The maximum absolute atomic E-state index is 15.0. The second-order valence-corrected chi connectivity index (χ2v) is 20.4. The first-order valence-corrected chi connectivity index (χ1v) is 24.4. The van der Waals surface area contributed by atoms with Gasteiger partial charge in [-0.25, -0.2) is 5.43 Å². The first-order chi connectivity index (χ1) is 30.6. The normalized spacial score (nSPS) is 29.5. The molecule has 0 spiro atoms.